The summed E-state index contributed by atoms with van der Waals surface area (Å²) >= 11 is 0. The molecule has 0 saturated heterocycles. The van der Waals surface area contributed by atoms with Gasteiger partial charge in [-0.1, -0.05) is 12.1 Å². The standard InChI is InChI=1S/C13H14O2/c14-12-7-5-10(6-8-12)9-11-3-1-2-4-13(11)15/h5-9,14H,1-4H2/b11-9-. The summed E-state index contributed by atoms with van der Waals surface area (Å²) in [6.45, 7) is 0. The summed E-state index contributed by atoms with van der Waals surface area (Å²) in [6, 6.07) is 6.92. The number of benzene rings is 1. The van der Waals surface area contributed by atoms with E-state index in [1.165, 1.54) is 0 Å². The molecule has 0 aromatic heterocycles. The minimum atomic E-state index is 0.257. The quantitative estimate of drug-likeness (QED) is 0.711. The van der Waals surface area contributed by atoms with Crippen LogP contribution in [0.3, 0.4) is 0 Å². The third-order valence-electron chi connectivity index (χ3n) is 2.69. The fraction of sp³-hybridized carbons (Fsp3) is 0.308. The van der Waals surface area contributed by atoms with Gasteiger partial charge in [0.1, 0.15) is 5.75 Å². The van der Waals surface area contributed by atoms with Gasteiger partial charge in [0.25, 0.3) is 0 Å². The van der Waals surface area contributed by atoms with Crippen molar-refractivity contribution in [2.24, 2.45) is 0 Å². The van der Waals surface area contributed by atoms with Crippen LogP contribution in [0.2, 0.25) is 0 Å². The van der Waals surface area contributed by atoms with E-state index in [1.807, 2.05) is 18.2 Å². The zero-order valence-corrected chi connectivity index (χ0v) is 8.57. The van der Waals surface area contributed by atoms with E-state index < -0.39 is 0 Å². The van der Waals surface area contributed by atoms with Gasteiger partial charge in [-0.25, -0.2) is 0 Å². The molecule has 1 saturated carbocycles. The van der Waals surface area contributed by atoms with Crippen LogP contribution in [0.4, 0.5) is 0 Å². The predicted octanol–water partition coefficient (Wildman–Crippen LogP) is 2.92. The number of phenolic OH excluding ortho intramolecular Hbond substituents is 1. The second-order valence-electron chi connectivity index (χ2n) is 3.89. The van der Waals surface area contributed by atoms with Crippen molar-refractivity contribution in [1.29, 1.82) is 0 Å². The Kier molecular flexibility index (Phi) is 2.86. The van der Waals surface area contributed by atoms with Crippen LogP contribution in [0.1, 0.15) is 31.2 Å². The topological polar surface area (TPSA) is 37.3 Å². The van der Waals surface area contributed by atoms with Gasteiger partial charge in [0, 0.05) is 6.42 Å². The molecule has 0 spiro atoms. The Hall–Kier alpha value is -1.57. The van der Waals surface area contributed by atoms with E-state index in [0.717, 1.165) is 30.4 Å². The van der Waals surface area contributed by atoms with Crippen LogP contribution >= 0.6 is 0 Å². The Morgan fingerprint density at radius 1 is 1.07 bits per heavy atom. The van der Waals surface area contributed by atoms with Gasteiger partial charge in [-0.15, -0.1) is 0 Å². The van der Waals surface area contributed by atoms with Gasteiger partial charge in [0.15, 0.2) is 5.78 Å². The summed E-state index contributed by atoms with van der Waals surface area (Å²) in [7, 11) is 0. The lowest BCUT2D eigenvalue weighted by Crippen LogP contribution is -2.07. The second-order valence-corrected chi connectivity index (χ2v) is 3.89. The molecule has 1 fully saturated rings. The Balaban J connectivity index is 2.21. The fourth-order valence-electron chi connectivity index (χ4n) is 1.83. The molecule has 0 bridgehead atoms. The zero-order chi connectivity index (χ0) is 10.7. The van der Waals surface area contributed by atoms with Crippen molar-refractivity contribution in [3.05, 3.63) is 35.4 Å². The number of allylic oxidation sites excluding steroid dienone is 1. The maximum atomic E-state index is 11.5. The highest BCUT2D eigenvalue weighted by Gasteiger charge is 2.14. The first-order valence-electron chi connectivity index (χ1n) is 5.28. The van der Waals surface area contributed by atoms with Crippen LogP contribution in [-0.4, -0.2) is 10.9 Å². The van der Waals surface area contributed by atoms with E-state index in [4.69, 9.17) is 5.11 Å². The average Bonchev–Trinajstić information content (AvgIpc) is 2.25. The Morgan fingerprint density at radius 2 is 1.73 bits per heavy atom. The lowest BCUT2D eigenvalue weighted by atomic mass is 9.92. The van der Waals surface area contributed by atoms with Crippen molar-refractivity contribution in [2.75, 3.05) is 0 Å². The molecule has 2 rings (SSSR count). The van der Waals surface area contributed by atoms with Gasteiger partial charge in [0.05, 0.1) is 0 Å². The maximum absolute atomic E-state index is 11.5. The molecular formula is C13H14O2. The summed E-state index contributed by atoms with van der Waals surface area (Å²) < 4.78 is 0. The Bertz CT molecular complexity index is 388. The van der Waals surface area contributed by atoms with Crippen molar-refractivity contribution in [1.82, 2.24) is 0 Å². The smallest absolute Gasteiger partial charge is 0.158 e. The van der Waals surface area contributed by atoms with Crippen LogP contribution < -0.4 is 0 Å². The van der Waals surface area contributed by atoms with Crippen molar-refractivity contribution in [3.63, 3.8) is 0 Å². The molecule has 1 aliphatic carbocycles. The number of rotatable bonds is 1. The summed E-state index contributed by atoms with van der Waals surface area (Å²) in [5.74, 6) is 0.529. The van der Waals surface area contributed by atoms with Crippen molar-refractivity contribution in [3.8, 4) is 5.75 Å². The average molecular weight is 202 g/mol. The minimum absolute atomic E-state index is 0.257. The highest BCUT2D eigenvalue weighted by Crippen LogP contribution is 2.22. The molecule has 0 unspecified atom stereocenters. The summed E-state index contributed by atoms with van der Waals surface area (Å²) in [6.07, 6.45) is 5.63. The number of phenols is 1. The van der Waals surface area contributed by atoms with E-state index >= 15 is 0 Å². The molecule has 2 nitrogen and oxygen atoms in total. The van der Waals surface area contributed by atoms with E-state index in [1.54, 1.807) is 12.1 Å². The van der Waals surface area contributed by atoms with Gasteiger partial charge >= 0.3 is 0 Å². The highest BCUT2D eigenvalue weighted by molar-refractivity contribution is 6.00. The first kappa shape index (κ1) is 9.97. The highest BCUT2D eigenvalue weighted by atomic mass is 16.3. The zero-order valence-electron chi connectivity index (χ0n) is 8.57. The maximum Gasteiger partial charge on any atom is 0.158 e. The molecule has 0 aliphatic heterocycles. The predicted molar refractivity (Wildman–Crippen MR) is 59.6 cm³/mol. The van der Waals surface area contributed by atoms with Gasteiger partial charge in [-0.2, -0.15) is 0 Å². The number of Topliss-reactive ketones (excluding diaryl/α,β-unsaturated/α-hetero) is 1. The number of carbonyl (C=O) groups is 1. The first-order valence-corrected chi connectivity index (χ1v) is 5.28. The SMILES string of the molecule is O=C1CCCC/C1=C/c1ccc(O)cc1. The Labute approximate surface area is 89.2 Å². The molecular weight excluding hydrogens is 188 g/mol. The number of ketones is 1. The lowest BCUT2D eigenvalue weighted by Gasteiger charge is -2.12. The van der Waals surface area contributed by atoms with Gasteiger partial charge in [-0.05, 0) is 48.6 Å². The van der Waals surface area contributed by atoms with Crippen LogP contribution in [0.25, 0.3) is 6.08 Å². The molecule has 0 atom stereocenters. The lowest BCUT2D eigenvalue weighted by molar-refractivity contribution is -0.116. The minimum Gasteiger partial charge on any atom is -0.508 e. The molecule has 15 heavy (non-hydrogen) atoms. The van der Waals surface area contributed by atoms with Gasteiger partial charge < -0.3 is 5.11 Å². The molecule has 1 aromatic carbocycles. The molecule has 0 radical (unpaired) electrons. The normalized spacial score (nSPS) is 19.5. The molecule has 2 heteroatoms. The number of hydrogen-bond acceptors (Lipinski definition) is 2. The summed E-state index contributed by atoms with van der Waals surface area (Å²) in [5.41, 5.74) is 1.91. The fourth-order valence-corrected chi connectivity index (χ4v) is 1.83. The monoisotopic (exact) mass is 202 g/mol. The molecule has 1 aliphatic rings. The summed E-state index contributed by atoms with van der Waals surface area (Å²) in [4.78, 5) is 11.5. The van der Waals surface area contributed by atoms with Crippen LogP contribution in [-0.2, 0) is 4.79 Å². The second kappa shape index (κ2) is 4.30. The largest absolute Gasteiger partial charge is 0.508 e. The number of hydrogen-bond donors (Lipinski definition) is 1. The van der Waals surface area contributed by atoms with Gasteiger partial charge in [-0.3, -0.25) is 4.79 Å². The third-order valence-corrected chi connectivity index (χ3v) is 2.69. The summed E-state index contributed by atoms with van der Waals surface area (Å²) in [5, 5.41) is 9.13. The molecule has 0 heterocycles. The van der Waals surface area contributed by atoms with Crippen molar-refractivity contribution >= 4 is 11.9 Å². The van der Waals surface area contributed by atoms with Crippen molar-refractivity contribution < 1.29 is 9.90 Å². The van der Waals surface area contributed by atoms with Crippen LogP contribution in [0.5, 0.6) is 5.75 Å². The van der Waals surface area contributed by atoms with E-state index in [-0.39, 0.29) is 11.5 Å². The van der Waals surface area contributed by atoms with E-state index in [2.05, 4.69) is 0 Å². The van der Waals surface area contributed by atoms with Crippen LogP contribution in [0.15, 0.2) is 29.8 Å². The number of aromatic hydroxyl groups is 1. The van der Waals surface area contributed by atoms with E-state index in [0.29, 0.717) is 6.42 Å². The molecule has 1 aromatic rings. The first-order chi connectivity index (χ1) is 7.25. The van der Waals surface area contributed by atoms with Gasteiger partial charge in [0.2, 0.25) is 0 Å². The van der Waals surface area contributed by atoms with E-state index in [9.17, 15) is 4.79 Å². The molecule has 1 N–H and O–H groups in total. The van der Waals surface area contributed by atoms with Crippen LogP contribution in [0, 0.1) is 0 Å². The Morgan fingerprint density at radius 3 is 2.40 bits per heavy atom. The molecule has 0 amide bonds. The third kappa shape index (κ3) is 2.46. The number of carbonyl (C=O) groups excluding carboxylic acids is 1. The molecule has 78 valence electrons. The van der Waals surface area contributed by atoms with Crippen molar-refractivity contribution in [2.45, 2.75) is 25.7 Å².